The molecule has 0 bridgehead atoms. The number of hydrogen-bond donors (Lipinski definition) is 1. The van der Waals surface area contributed by atoms with Gasteiger partial charge < -0.3 is 19.4 Å². The number of nitro benzene ring substituents is 1. The van der Waals surface area contributed by atoms with Gasteiger partial charge in [0, 0.05) is 19.2 Å². The van der Waals surface area contributed by atoms with Crippen LogP contribution in [0.2, 0.25) is 0 Å². The maximum Gasteiger partial charge on any atom is 0.286 e. The predicted octanol–water partition coefficient (Wildman–Crippen LogP) is 4.33. The summed E-state index contributed by atoms with van der Waals surface area (Å²) in [4.78, 5) is 28.1. The average Bonchev–Trinajstić information content (AvgIpc) is 3.26. The Balaban J connectivity index is 1.45. The minimum Gasteiger partial charge on any atom is -0.493 e. The first-order chi connectivity index (χ1) is 16.5. The molecule has 3 aromatic carbocycles. The van der Waals surface area contributed by atoms with Crippen molar-refractivity contribution in [1.29, 1.82) is 0 Å². The molecule has 0 unspecified atom stereocenters. The highest BCUT2D eigenvalue weighted by Gasteiger charge is 2.24. The van der Waals surface area contributed by atoms with Crippen molar-refractivity contribution >= 4 is 22.6 Å². The van der Waals surface area contributed by atoms with E-state index in [1.807, 2.05) is 54.9 Å². The van der Waals surface area contributed by atoms with Crippen LogP contribution in [-0.4, -0.2) is 34.1 Å². The third kappa shape index (κ3) is 4.83. The fourth-order valence-electron chi connectivity index (χ4n) is 3.68. The zero-order valence-corrected chi connectivity index (χ0v) is 18.9. The molecule has 0 radical (unpaired) electrons. The lowest BCUT2D eigenvalue weighted by Gasteiger charge is -2.12. The molecule has 0 aliphatic rings. The number of benzene rings is 3. The number of carbonyl (C=O) groups is 1. The molecule has 4 aromatic rings. The fourth-order valence-corrected chi connectivity index (χ4v) is 3.68. The number of rotatable bonds is 9. The Morgan fingerprint density at radius 2 is 1.82 bits per heavy atom. The molecular weight excluding hydrogens is 436 g/mol. The van der Waals surface area contributed by atoms with Gasteiger partial charge in [0.05, 0.1) is 42.1 Å². The van der Waals surface area contributed by atoms with Crippen LogP contribution >= 0.6 is 0 Å². The van der Waals surface area contributed by atoms with Gasteiger partial charge in [0.1, 0.15) is 5.56 Å². The lowest BCUT2D eigenvalue weighted by Crippen LogP contribution is -2.24. The third-order valence-electron chi connectivity index (χ3n) is 5.38. The highest BCUT2D eigenvalue weighted by Crippen LogP contribution is 2.34. The van der Waals surface area contributed by atoms with Crippen molar-refractivity contribution in [3.05, 3.63) is 93.8 Å². The highest BCUT2D eigenvalue weighted by atomic mass is 16.6. The molecular formula is C25H24N4O5. The van der Waals surface area contributed by atoms with Gasteiger partial charge in [-0.05, 0) is 30.2 Å². The van der Waals surface area contributed by atoms with Gasteiger partial charge in [-0.15, -0.1) is 0 Å². The van der Waals surface area contributed by atoms with Crippen molar-refractivity contribution in [1.82, 2.24) is 14.9 Å². The number of nitrogens with zero attached hydrogens (tertiary/aromatic N) is 3. The summed E-state index contributed by atoms with van der Waals surface area (Å²) in [5.74, 6) is -0.0921. The summed E-state index contributed by atoms with van der Waals surface area (Å²) in [6, 6.07) is 18.3. The Bertz CT molecular complexity index is 1330. The Morgan fingerprint density at radius 1 is 1.09 bits per heavy atom. The lowest BCUT2D eigenvalue weighted by molar-refractivity contribution is -0.385. The maximum atomic E-state index is 12.8. The van der Waals surface area contributed by atoms with Crippen LogP contribution in [0.4, 0.5) is 5.69 Å². The molecule has 0 saturated carbocycles. The highest BCUT2D eigenvalue weighted by molar-refractivity contribution is 5.99. The van der Waals surface area contributed by atoms with Crippen LogP contribution < -0.4 is 14.8 Å². The normalized spacial score (nSPS) is 10.8. The van der Waals surface area contributed by atoms with Crippen LogP contribution in [0.5, 0.6) is 11.5 Å². The van der Waals surface area contributed by atoms with Gasteiger partial charge in [-0.25, -0.2) is 4.98 Å². The van der Waals surface area contributed by atoms with Crippen LogP contribution in [0.15, 0.2) is 67.0 Å². The Morgan fingerprint density at radius 3 is 2.53 bits per heavy atom. The van der Waals surface area contributed by atoms with Gasteiger partial charge >= 0.3 is 0 Å². The summed E-state index contributed by atoms with van der Waals surface area (Å²) in [5, 5.41) is 14.3. The Labute approximate surface area is 196 Å². The molecule has 0 saturated heterocycles. The first-order valence-corrected chi connectivity index (χ1v) is 10.7. The van der Waals surface area contributed by atoms with Gasteiger partial charge in [0.25, 0.3) is 11.6 Å². The molecule has 0 aliphatic heterocycles. The Kier molecular flexibility index (Phi) is 6.72. The zero-order valence-electron chi connectivity index (χ0n) is 18.9. The van der Waals surface area contributed by atoms with Gasteiger partial charge in [-0.1, -0.05) is 36.4 Å². The number of hydrogen-bond acceptors (Lipinski definition) is 6. The number of amides is 1. The number of nitrogens with one attached hydrogen (secondary N) is 1. The van der Waals surface area contributed by atoms with E-state index in [1.165, 1.54) is 19.2 Å². The zero-order chi connectivity index (χ0) is 24.1. The summed E-state index contributed by atoms with van der Waals surface area (Å²) in [7, 11) is 1.42. The van der Waals surface area contributed by atoms with Crippen LogP contribution in [0.25, 0.3) is 11.0 Å². The van der Waals surface area contributed by atoms with Crippen molar-refractivity contribution in [3.8, 4) is 11.5 Å². The van der Waals surface area contributed by atoms with Crippen LogP contribution in [0.1, 0.15) is 28.4 Å². The molecule has 4 rings (SSSR count). The molecule has 0 atom stereocenters. The minimum absolute atomic E-state index is 0.0890. The van der Waals surface area contributed by atoms with Crippen molar-refractivity contribution < 1.29 is 19.2 Å². The van der Waals surface area contributed by atoms with Crippen LogP contribution in [0.3, 0.4) is 0 Å². The number of carbonyl (C=O) groups excluding carboxylic acids is 1. The molecule has 0 aliphatic carbocycles. The molecule has 9 heteroatoms. The predicted molar refractivity (Wildman–Crippen MR) is 127 cm³/mol. The Hall–Kier alpha value is -4.40. The molecule has 0 spiro atoms. The van der Waals surface area contributed by atoms with Crippen molar-refractivity contribution in [3.63, 3.8) is 0 Å². The van der Waals surface area contributed by atoms with E-state index in [0.29, 0.717) is 13.2 Å². The summed E-state index contributed by atoms with van der Waals surface area (Å²) >= 11 is 0. The molecule has 1 amide bonds. The number of methoxy groups -OCH3 is 1. The van der Waals surface area contributed by atoms with Crippen LogP contribution in [0, 0.1) is 10.1 Å². The van der Waals surface area contributed by atoms with E-state index in [4.69, 9.17) is 9.47 Å². The topological polar surface area (TPSA) is 109 Å². The first kappa shape index (κ1) is 22.8. The average molecular weight is 460 g/mol. The van der Waals surface area contributed by atoms with Gasteiger partial charge in [-0.2, -0.15) is 0 Å². The van der Waals surface area contributed by atoms with E-state index in [-0.39, 0.29) is 29.3 Å². The lowest BCUT2D eigenvalue weighted by atomic mass is 10.1. The molecule has 1 aromatic heterocycles. The number of imidazole rings is 1. The molecule has 9 nitrogen and oxygen atoms in total. The summed E-state index contributed by atoms with van der Waals surface area (Å²) in [5.41, 5.74) is 3.53. The molecule has 1 N–H and O–H groups in total. The second-order valence-electron chi connectivity index (χ2n) is 7.57. The summed E-state index contributed by atoms with van der Waals surface area (Å²) < 4.78 is 12.7. The van der Waals surface area contributed by atoms with E-state index in [2.05, 4.69) is 14.9 Å². The van der Waals surface area contributed by atoms with E-state index in [9.17, 15) is 14.9 Å². The fraction of sp³-hybridized carbons (Fsp3) is 0.200. The summed E-state index contributed by atoms with van der Waals surface area (Å²) in [6.07, 6.45) is 1.82. The number of nitro groups is 1. The smallest absolute Gasteiger partial charge is 0.286 e. The minimum atomic E-state index is -0.606. The number of para-hydroxylation sites is 2. The number of ether oxygens (including phenoxy) is 2. The SMILES string of the molecule is CCOc1cc([N+](=O)[O-])c(C(=O)NCc2ccc(Cn3cnc4ccccc43)cc2)cc1OC. The second kappa shape index (κ2) is 10.0. The third-order valence-corrected chi connectivity index (χ3v) is 5.38. The van der Waals surface area contributed by atoms with Crippen molar-refractivity contribution in [2.24, 2.45) is 0 Å². The molecule has 1 heterocycles. The van der Waals surface area contributed by atoms with Crippen molar-refractivity contribution in [2.75, 3.05) is 13.7 Å². The van der Waals surface area contributed by atoms with Gasteiger partial charge in [0.2, 0.25) is 0 Å². The number of aromatic nitrogens is 2. The maximum absolute atomic E-state index is 12.8. The quantitative estimate of drug-likeness (QED) is 0.294. The second-order valence-corrected chi connectivity index (χ2v) is 7.57. The van der Waals surface area contributed by atoms with Gasteiger partial charge in [-0.3, -0.25) is 14.9 Å². The molecule has 174 valence electrons. The first-order valence-electron chi connectivity index (χ1n) is 10.7. The van der Waals surface area contributed by atoms with Crippen LogP contribution in [-0.2, 0) is 13.1 Å². The molecule has 34 heavy (non-hydrogen) atoms. The largest absolute Gasteiger partial charge is 0.493 e. The van der Waals surface area contributed by atoms with E-state index in [1.54, 1.807) is 6.92 Å². The molecule has 0 fully saturated rings. The number of fused-ring (bicyclic) bond motifs is 1. The standard InChI is InChI=1S/C25H24N4O5/c1-3-34-24-13-22(29(31)32)19(12-23(24)33-2)25(30)26-14-17-8-10-18(11-9-17)15-28-16-27-20-6-4-5-7-21(20)28/h4-13,16H,3,14-15H2,1-2H3,(H,26,30). The monoisotopic (exact) mass is 460 g/mol. The van der Waals surface area contributed by atoms with E-state index >= 15 is 0 Å². The van der Waals surface area contributed by atoms with E-state index < -0.39 is 10.8 Å². The van der Waals surface area contributed by atoms with Crippen molar-refractivity contribution in [2.45, 2.75) is 20.0 Å². The summed E-state index contributed by atoms with van der Waals surface area (Å²) in [6.45, 7) is 2.96. The van der Waals surface area contributed by atoms with Gasteiger partial charge in [0.15, 0.2) is 11.5 Å². The van der Waals surface area contributed by atoms with E-state index in [0.717, 1.165) is 22.2 Å².